The van der Waals surface area contributed by atoms with E-state index >= 15 is 0 Å². The number of carbonyl (C=O) groups is 1. The van der Waals surface area contributed by atoms with Gasteiger partial charge in [0.1, 0.15) is 0 Å². The highest BCUT2D eigenvalue weighted by molar-refractivity contribution is 8.02. The Hall–Kier alpha value is -0.960. The minimum Gasteiger partial charge on any atom is -0.350 e. The van der Waals surface area contributed by atoms with Crippen LogP contribution in [0, 0.1) is 0 Å². The van der Waals surface area contributed by atoms with Gasteiger partial charge in [-0.1, -0.05) is 39.3 Å². The summed E-state index contributed by atoms with van der Waals surface area (Å²) >= 11 is 1.60. The molecule has 3 heteroatoms. The van der Waals surface area contributed by atoms with Gasteiger partial charge in [0.25, 0.3) is 0 Å². The number of thioether (sulfide) groups is 1. The molecule has 0 aromatic carbocycles. The van der Waals surface area contributed by atoms with Crippen molar-refractivity contribution in [2.75, 3.05) is 6.26 Å². The largest absolute Gasteiger partial charge is 0.350 e. The minimum absolute atomic E-state index is 0.00841. The summed E-state index contributed by atoms with van der Waals surface area (Å²) in [4.78, 5) is 12.8. The van der Waals surface area contributed by atoms with Gasteiger partial charge in [-0.3, -0.25) is 4.79 Å². The van der Waals surface area contributed by atoms with Crippen LogP contribution >= 0.6 is 11.8 Å². The van der Waals surface area contributed by atoms with Crippen molar-refractivity contribution in [2.45, 2.75) is 45.6 Å². The fourth-order valence-corrected chi connectivity index (χ4v) is 2.14. The molecule has 0 saturated heterocycles. The van der Waals surface area contributed by atoms with Gasteiger partial charge in [0.2, 0.25) is 5.91 Å². The summed E-state index contributed by atoms with van der Waals surface area (Å²) in [7, 11) is 0. The lowest BCUT2D eigenvalue weighted by Gasteiger charge is -2.15. The van der Waals surface area contributed by atoms with Gasteiger partial charge < -0.3 is 5.32 Å². The summed E-state index contributed by atoms with van der Waals surface area (Å²) in [6.07, 6.45) is 13.3. The summed E-state index contributed by atoms with van der Waals surface area (Å²) in [6.45, 7) is 7.93. The van der Waals surface area contributed by atoms with Crippen molar-refractivity contribution in [1.29, 1.82) is 0 Å². The normalized spacial score (nSPS) is 12.1. The number of nitrogens with one attached hydrogen (secondary N) is 1. The van der Waals surface area contributed by atoms with E-state index in [-0.39, 0.29) is 5.91 Å². The van der Waals surface area contributed by atoms with Crippen LogP contribution in [0.25, 0.3) is 0 Å². The molecule has 0 heterocycles. The molecule has 0 spiro atoms. The lowest BCUT2D eigenvalue weighted by Crippen LogP contribution is -2.33. The summed E-state index contributed by atoms with van der Waals surface area (Å²) in [5, 5.41) is 3.05. The molecule has 1 N–H and O–H groups in total. The molecule has 18 heavy (non-hydrogen) atoms. The second-order valence-electron chi connectivity index (χ2n) is 4.13. The molecule has 102 valence electrons. The highest BCUT2D eigenvalue weighted by Gasteiger charge is 2.08. The molecule has 0 fully saturated rings. The first-order valence-electron chi connectivity index (χ1n) is 6.53. The first kappa shape index (κ1) is 17.0. The number of allylic oxidation sites excluding steroid dienone is 3. The standard InChI is InChI=1S/C15H25NOS/c1-5-8-13(9-6-2)16-15(17)12-11-14(18-4)10-7-3/h7,10-13H,3,5-6,8-9H2,1-2,4H3,(H,16,17)/b12-11+,14-10-. The molecule has 2 nitrogen and oxygen atoms in total. The van der Waals surface area contributed by atoms with Gasteiger partial charge in [-0.15, -0.1) is 11.8 Å². The van der Waals surface area contributed by atoms with Gasteiger partial charge in [-0.2, -0.15) is 0 Å². The summed E-state index contributed by atoms with van der Waals surface area (Å²) in [5.41, 5.74) is 0. The Morgan fingerprint density at radius 1 is 1.28 bits per heavy atom. The van der Waals surface area contributed by atoms with E-state index in [0.717, 1.165) is 30.6 Å². The van der Waals surface area contributed by atoms with Crippen molar-refractivity contribution in [1.82, 2.24) is 5.32 Å². The Balaban J connectivity index is 4.33. The molecular weight excluding hydrogens is 242 g/mol. The zero-order valence-corrected chi connectivity index (χ0v) is 12.6. The molecule has 0 aliphatic carbocycles. The third-order valence-electron chi connectivity index (χ3n) is 2.54. The average molecular weight is 267 g/mol. The smallest absolute Gasteiger partial charge is 0.244 e. The molecule has 0 rings (SSSR count). The predicted molar refractivity (Wildman–Crippen MR) is 82.7 cm³/mol. The van der Waals surface area contributed by atoms with Crippen molar-refractivity contribution < 1.29 is 4.79 Å². The molecule has 0 aromatic rings. The van der Waals surface area contributed by atoms with E-state index in [1.165, 1.54) is 0 Å². The Morgan fingerprint density at radius 3 is 2.33 bits per heavy atom. The third kappa shape index (κ3) is 8.18. The van der Waals surface area contributed by atoms with Crippen LogP contribution in [0.3, 0.4) is 0 Å². The fraction of sp³-hybridized carbons (Fsp3) is 0.533. The van der Waals surface area contributed by atoms with Gasteiger partial charge >= 0.3 is 0 Å². The summed E-state index contributed by atoms with van der Waals surface area (Å²) in [5.74, 6) is -0.00841. The Kier molecular flexibility index (Phi) is 10.6. The quantitative estimate of drug-likeness (QED) is 0.504. The van der Waals surface area contributed by atoms with Gasteiger partial charge in [0.05, 0.1) is 0 Å². The van der Waals surface area contributed by atoms with Crippen molar-refractivity contribution in [3.05, 3.63) is 35.8 Å². The van der Waals surface area contributed by atoms with E-state index in [9.17, 15) is 4.79 Å². The Morgan fingerprint density at radius 2 is 1.89 bits per heavy atom. The molecule has 0 aliphatic rings. The van der Waals surface area contributed by atoms with Crippen LogP contribution in [0.4, 0.5) is 0 Å². The average Bonchev–Trinajstić information content (AvgIpc) is 2.35. The minimum atomic E-state index is -0.00841. The highest BCUT2D eigenvalue weighted by atomic mass is 32.2. The molecule has 0 unspecified atom stereocenters. The molecule has 0 aliphatic heterocycles. The van der Waals surface area contributed by atoms with E-state index in [1.54, 1.807) is 23.9 Å². The molecule has 0 bridgehead atoms. The predicted octanol–water partition coefficient (Wildman–Crippen LogP) is 4.06. The van der Waals surface area contributed by atoms with Gasteiger partial charge in [-0.25, -0.2) is 0 Å². The summed E-state index contributed by atoms with van der Waals surface area (Å²) in [6, 6.07) is 0.304. The summed E-state index contributed by atoms with van der Waals surface area (Å²) < 4.78 is 0. The maximum atomic E-state index is 11.8. The molecular formula is C15H25NOS. The van der Waals surface area contributed by atoms with E-state index in [2.05, 4.69) is 25.7 Å². The van der Waals surface area contributed by atoms with Crippen molar-refractivity contribution in [3.63, 3.8) is 0 Å². The van der Waals surface area contributed by atoms with Crippen molar-refractivity contribution in [3.8, 4) is 0 Å². The van der Waals surface area contributed by atoms with Crippen LogP contribution in [0.5, 0.6) is 0 Å². The molecule has 0 atom stereocenters. The zero-order valence-electron chi connectivity index (χ0n) is 11.7. The number of amides is 1. The molecule has 0 aromatic heterocycles. The second-order valence-corrected chi connectivity index (χ2v) is 5.00. The van der Waals surface area contributed by atoms with Gasteiger partial charge in [0.15, 0.2) is 0 Å². The first-order valence-corrected chi connectivity index (χ1v) is 7.75. The van der Waals surface area contributed by atoms with E-state index in [1.807, 2.05) is 18.4 Å². The maximum absolute atomic E-state index is 11.8. The van der Waals surface area contributed by atoms with E-state index in [0.29, 0.717) is 6.04 Å². The number of hydrogen-bond acceptors (Lipinski definition) is 2. The second kappa shape index (κ2) is 11.1. The zero-order chi connectivity index (χ0) is 13.8. The first-order chi connectivity index (χ1) is 8.67. The SMILES string of the molecule is C=C/C=C(/C=C/C(=O)NC(CCC)CCC)SC. The van der Waals surface area contributed by atoms with Crippen molar-refractivity contribution >= 4 is 17.7 Å². The molecule has 0 radical (unpaired) electrons. The maximum Gasteiger partial charge on any atom is 0.244 e. The number of hydrogen-bond donors (Lipinski definition) is 1. The Bertz CT molecular complexity index is 302. The lowest BCUT2D eigenvalue weighted by molar-refractivity contribution is -0.117. The lowest BCUT2D eigenvalue weighted by atomic mass is 10.1. The highest BCUT2D eigenvalue weighted by Crippen LogP contribution is 2.12. The van der Waals surface area contributed by atoms with Gasteiger partial charge in [0, 0.05) is 17.0 Å². The third-order valence-corrected chi connectivity index (χ3v) is 3.28. The molecule has 0 saturated carbocycles. The number of carbonyl (C=O) groups excluding carboxylic acids is 1. The van der Waals surface area contributed by atoms with Crippen molar-refractivity contribution in [2.24, 2.45) is 0 Å². The van der Waals surface area contributed by atoms with E-state index in [4.69, 9.17) is 0 Å². The van der Waals surface area contributed by atoms with Crippen LogP contribution < -0.4 is 5.32 Å². The van der Waals surface area contributed by atoms with Crippen LogP contribution in [0.2, 0.25) is 0 Å². The monoisotopic (exact) mass is 267 g/mol. The van der Waals surface area contributed by atoms with E-state index < -0.39 is 0 Å². The fourth-order valence-electron chi connectivity index (χ4n) is 1.70. The van der Waals surface area contributed by atoms with Crippen LogP contribution in [-0.4, -0.2) is 18.2 Å². The topological polar surface area (TPSA) is 29.1 Å². The Labute approximate surface area is 116 Å². The van der Waals surface area contributed by atoms with Crippen LogP contribution in [-0.2, 0) is 4.79 Å². The van der Waals surface area contributed by atoms with Crippen LogP contribution in [0.1, 0.15) is 39.5 Å². The number of rotatable bonds is 9. The molecule has 1 amide bonds. The van der Waals surface area contributed by atoms with Gasteiger partial charge in [-0.05, 0) is 31.2 Å². The van der Waals surface area contributed by atoms with Crippen LogP contribution in [0.15, 0.2) is 35.8 Å².